The molecule has 1 amide bonds. The topological polar surface area (TPSA) is 71.0 Å². The van der Waals surface area contributed by atoms with Gasteiger partial charge in [0.15, 0.2) is 0 Å². The van der Waals surface area contributed by atoms with Gasteiger partial charge >= 0.3 is 6.09 Å². The molecule has 0 bridgehead atoms. The van der Waals surface area contributed by atoms with Gasteiger partial charge in [-0.15, -0.1) is 0 Å². The number of nitrogens with one attached hydrogen (secondary N) is 1. The standard InChI is InChI=1S/C18H26N2O4/c21-17-12-20(18(22)24-13-14-4-2-1-3-5-14)9-6-16(17)19-15-7-10-23-11-8-15/h1-5,15-17,19,21H,6-13H2. The van der Waals surface area contributed by atoms with Crippen molar-refractivity contribution in [3.05, 3.63) is 35.9 Å². The van der Waals surface area contributed by atoms with Crippen LogP contribution >= 0.6 is 0 Å². The average Bonchev–Trinajstić information content (AvgIpc) is 2.63. The number of piperidine rings is 1. The number of aliphatic hydroxyl groups excluding tert-OH is 1. The molecule has 0 saturated carbocycles. The molecule has 24 heavy (non-hydrogen) atoms. The fraction of sp³-hybridized carbons (Fsp3) is 0.611. The molecule has 1 aromatic rings. The van der Waals surface area contributed by atoms with E-state index in [-0.39, 0.29) is 18.7 Å². The van der Waals surface area contributed by atoms with Crippen molar-refractivity contribution in [2.45, 2.75) is 44.1 Å². The van der Waals surface area contributed by atoms with Crippen molar-refractivity contribution in [1.82, 2.24) is 10.2 Å². The predicted octanol–water partition coefficient (Wildman–Crippen LogP) is 1.53. The number of nitrogens with zero attached hydrogens (tertiary/aromatic N) is 1. The number of amides is 1. The Balaban J connectivity index is 1.43. The molecule has 0 spiro atoms. The lowest BCUT2D eigenvalue weighted by molar-refractivity contribution is 0.0155. The van der Waals surface area contributed by atoms with Gasteiger partial charge in [0.25, 0.3) is 0 Å². The van der Waals surface area contributed by atoms with Crippen LogP contribution in [0.4, 0.5) is 4.79 Å². The van der Waals surface area contributed by atoms with E-state index in [0.29, 0.717) is 19.1 Å². The van der Waals surface area contributed by atoms with Gasteiger partial charge in [-0.05, 0) is 24.8 Å². The Morgan fingerprint density at radius 2 is 2.00 bits per heavy atom. The van der Waals surface area contributed by atoms with Crippen LogP contribution in [0.1, 0.15) is 24.8 Å². The molecule has 2 unspecified atom stereocenters. The third-order valence-corrected chi connectivity index (χ3v) is 4.72. The molecular weight excluding hydrogens is 308 g/mol. The van der Waals surface area contributed by atoms with Crippen molar-refractivity contribution >= 4 is 6.09 Å². The summed E-state index contributed by atoms with van der Waals surface area (Å²) in [5.74, 6) is 0. The molecule has 2 aliphatic heterocycles. The number of rotatable bonds is 4. The third kappa shape index (κ3) is 4.69. The third-order valence-electron chi connectivity index (χ3n) is 4.72. The minimum atomic E-state index is -0.564. The highest BCUT2D eigenvalue weighted by Crippen LogP contribution is 2.16. The van der Waals surface area contributed by atoms with E-state index in [1.807, 2.05) is 30.3 Å². The second kappa shape index (κ2) is 8.46. The zero-order chi connectivity index (χ0) is 16.8. The zero-order valence-electron chi connectivity index (χ0n) is 13.9. The van der Waals surface area contributed by atoms with Crippen LogP contribution < -0.4 is 5.32 Å². The van der Waals surface area contributed by atoms with E-state index in [0.717, 1.165) is 38.0 Å². The van der Waals surface area contributed by atoms with Crippen LogP contribution in [0.2, 0.25) is 0 Å². The maximum Gasteiger partial charge on any atom is 0.410 e. The largest absolute Gasteiger partial charge is 0.445 e. The Labute approximate surface area is 142 Å². The van der Waals surface area contributed by atoms with E-state index in [1.165, 1.54) is 0 Å². The number of β-amino-alcohol motifs (C(OH)–C–C–N with tert-alkyl or cyclic N) is 1. The van der Waals surface area contributed by atoms with Crippen molar-refractivity contribution in [2.75, 3.05) is 26.3 Å². The van der Waals surface area contributed by atoms with E-state index in [9.17, 15) is 9.90 Å². The molecule has 2 N–H and O–H groups in total. The van der Waals surface area contributed by atoms with E-state index < -0.39 is 6.10 Å². The first-order chi connectivity index (χ1) is 11.7. The fourth-order valence-electron chi connectivity index (χ4n) is 3.27. The van der Waals surface area contributed by atoms with Crippen LogP contribution in [-0.4, -0.2) is 60.6 Å². The van der Waals surface area contributed by atoms with E-state index in [2.05, 4.69) is 5.32 Å². The Morgan fingerprint density at radius 1 is 1.25 bits per heavy atom. The molecule has 6 nitrogen and oxygen atoms in total. The van der Waals surface area contributed by atoms with Gasteiger partial charge < -0.3 is 24.8 Å². The Bertz CT molecular complexity index is 519. The highest BCUT2D eigenvalue weighted by Gasteiger charge is 2.32. The van der Waals surface area contributed by atoms with E-state index in [1.54, 1.807) is 4.90 Å². The minimum absolute atomic E-state index is 0.0336. The van der Waals surface area contributed by atoms with Gasteiger partial charge in [-0.2, -0.15) is 0 Å². The van der Waals surface area contributed by atoms with Crippen molar-refractivity contribution in [2.24, 2.45) is 0 Å². The molecule has 3 rings (SSSR count). The number of hydrogen-bond donors (Lipinski definition) is 2. The lowest BCUT2D eigenvalue weighted by Crippen LogP contribution is -2.56. The molecule has 0 radical (unpaired) electrons. The molecule has 132 valence electrons. The molecule has 0 aromatic heterocycles. The van der Waals surface area contributed by atoms with Crippen LogP contribution in [-0.2, 0) is 16.1 Å². The van der Waals surface area contributed by atoms with Crippen LogP contribution in [0.5, 0.6) is 0 Å². The van der Waals surface area contributed by atoms with Crippen LogP contribution in [0.15, 0.2) is 30.3 Å². The first-order valence-electron chi connectivity index (χ1n) is 8.70. The van der Waals surface area contributed by atoms with Crippen molar-refractivity contribution in [3.8, 4) is 0 Å². The summed E-state index contributed by atoms with van der Waals surface area (Å²) in [5, 5.41) is 13.9. The van der Waals surface area contributed by atoms with Crippen molar-refractivity contribution in [3.63, 3.8) is 0 Å². The molecular formula is C18H26N2O4. The van der Waals surface area contributed by atoms with Gasteiger partial charge in [-0.1, -0.05) is 30.3 Å². The SMILES string of the molecule is O=C(OCc1ccccc1)N1CCC(NC2CCOCC2)C(O)C1. The number of aliphatic hydroxyl groups is 1. The van der Waals surface area contributed by atoms with Gasteiger partial charge in [0.2, 0.25) is 0 Å². The molecule has 6 heteroatoms. The number of carbonyl (C=O) groups excluding carboxylic acids is 1. The molecule has 2 saturated heterocycles. The van der Waals surface area contributed by atoms with Gasteiger partial charge in [0.05, 0.1) is 12.6 Å². The smallest absolute Gasteiger partial charge is 0.410 e. The summed E-state index contributed by atoms with van der Waals surface area (Å²) >= 11 is 0. The van der Waals surface area contributed by atoms with Gasteiger partial charge in [-0.25, -0.2) is 4.79 Å². The van der Waals surface area contributed by atoms with E-state index in [4.69, 9.17) is 9.47 Å². The zero-order valence-corrected chi connectivity index (χ0v) is 13.9. The number of hydrogen-bond acceptors (Lipinski definition) is 5. The summed E-state index contributed by atoms with van der Waals surface area (Å²) < 4.78 is 10.7. The Morgan fingerprint density at radius 3 is 2.71 bits per heavy atom. The fourth-order valence-corrected chi connectivity index (χ4v) is 3.27. The quantitative estimate of drug-likeness (QED) is 0.874. The summed E-state index contributed by atoms with van der Waals surface area (Å²) in [6.07, 6.45) is 1.77. The number of ether oxygens (including phenoxy) is 2. The summed E-state index contributed by atoms with van der Waals surface area (Å²) in [5.41, 5.74) is 0.961. The highest BCUT2D eigenvalue weighted by atomic mass is 16.6. The van der Waals surface area contributed by atoms with Crippen LogP contribution in [0.25, 0.3) is 0 Å². The Kier molecular flexibility index (Phi) is 6.07. The maximum atomic E-state index is 12.2. The summed E-state index contributed by atoms with van der Waals surface area (Å²) in [6.45, 7) is 2.73. The van der Waals surface area contributed by atoms with Crippen LogP contribution in [0.3, 0.4) is 0 Å². The second-order valence-corrected chi connectivity index (χ2v) is 6.50. The number of carbonyl (C=O) groups is 1. The lowest BCUT2D eigenvalue weighted by atomic mass is 9.99. The Hall–Kier alpha value is -1.63. The molecule has 2 aliphatic rings. The average molecular weight is 334 g/mol. The van der Waals surface area contributed by atoms with E-state index >= 15 is 0 Å². The van der Waals surface area contributed by atoms with Gasteiger partial charge in [0.1, 0.15) is 6.61 Å². The number of likely N-dealkylation sites (tertiary alicyclic amines) is 1. The monoisotopic (exact) mass is 334 g/mol. The predicted molar refractivity (Wildman–Crippen MR) is 89.6 cm³/mol. The number of benzene rings is 1. The first-order valence-corrected chi connectivity index (χ1v) is 8.70. The van der Waals surface area contributed by atoms with Crippen LogP contribution in [0, 0.1) is 0 Å². The normalized spacial score (nSPS) is 25.5. The van der Waals surface area contributed by atoms with Gasteiger partial charge in [0, 0.05) is 31.8 Å². The molecule has 2 atom stereocenters. The summed E-state index contributed by atoms with van der Waals surface area (Å²) in [6, 6.07) is 10.0. The minimum Gasteiger partial charge on any atom is -0.445 e. The molecule has 2 heterocycles. The molecule has 2 fully saturated rings. The van der Waals surface area contributed by atoms with Gasteiger partial charge in [-0.3, -0.25) is 0 Å². The molecule has 0 aliphatic carbocycles. The first kappa shape index (κ1) is 17.2. The second-order valence-electron chi connectivity index (χ2n) is 6.50. The maximum absolute atomic E-state index is 12.2. The summed E-state index contributed by atoms with van der Waals surface area (Å²) in [7, 11) is 0. The van der Waals surface area contributed by atoms with Crippen molar-refractivity contribution < 1.29 is 19.4 Å². The lowest BCUT2D eigenvalue weighted by Gasteiger charge is -2.38. The molecule has 1 aromatic carbocycles. The summed E-state index contributed by atoms with van der Waals surface area (Å²) in [4.78, 5) is 13.8. The van der Waals surface area contributed by atoms with Crippen molar-refractivity contribution in [1.29, 1.82) is 0 Å². The highest BCUT2D eigenvalue weighted by molar-refractivity contribution is 5.67.